The van der Waals surface area contributed by atoms with Crippen molar-refractivity contribution in [3.05, 3.63) is 38.9 Å². The summed E-state index contributed by atoms with van der Waals surface area (Å²) in [5.74, 6) is 0.736. The van der Waals surface area contributed by atoms with Gasteiger partial charge >= 0.3 is 0 Å². The fourth-order valence-electron chi connectivity index (χ4n) is 1.45. The zero-order valence-electron chi connectivity index (χ0n) is 9.24. The first-order chi connectivity index (χ1) is 7.04. The minimum atomic E-state index is -0.311. The summed E-state index contributed by atoms with van der Waals surface area (Å²) in [6, 6.07) is 3.88. The molecule has 82 valence electrons. The Morgan fingerprint density at radius 1 is 1.33 bits per heavy atom. The van der Waals surface area contributed by atoms with Crippen molar-refractivity contribution in [1.82, 2.24) is 0 Å². The molecule has 0 spiro atoms. The molecule has 0 atom stereocenters. The van der Waals surface area contributed by atoms with Crippen LogP contribution in [0.2, 0.25) is 0 Å². The van der Waals surface area contributed by atoms with E-state index >= 15 is 0 Å². The lowest BCUT2D eigenvalue weighted by Gasteiger charge is -2.10. The van der Waals surface area contributed by atoms with Gasteiger partial charge in [0.2, 0.25) is 6.54 Å². The molecule has 0 aromatic heterocycles. The van der Waals surface area contributed by atoms with Crippen LogP contribution in [0.15, 0.2) is 12.1 Å². The average molecular weight is 209 g/mol. The molecule has 0 unspecified atom stereocenters. The summed E-state index contributed by atoms with van der Waals surface area (Å²) in [7, 11) is 1.58. The summed E-state index contributed by atoms with van der Waals surface area (Å²) in [4.78, 5) is 9.98. The molecule has 0 aliphatic heterocycles. The highest BCUT2D eigenvalue weighted by molar-refractivity contribution is 5.41. The molecule has 0 fully saturated rings. The van der Waals surface area contributed by atoms with Crippen LogP contribution >= 0.6 is 0 Å². The second-order valence-corrected chi connectivity index (χ2v) is 3.55. The smallest absolute Gasteiger partial charge is 0.208 e. The van der Waals surface area contributed by atoms with Gasteiger partial charge in [-0.3, -0.25) is 10.1 Å². The molecule has 4 heteroatoms. The maximum absolute atomic E-state index is 10.3. The zero-order valence-corrected chi connectivity index (χ0v) is 9.24. The lowest BCUT2D eigenvalue weighted by atomic mass is 10.0. The molecule has 15 heavy (non-hydrogen) atoms. The first-order valence-corrected chi connectivity index (χ1v) is 4.80. The average Bonchev–Trinajstić information content (AvgIpc) is 2.19. The minimum absolute atomic E-state index is 0.0567. The molecule has 1 aromatic carbocycles. The Hall–Kier alpha value is -1.58. The molecule has 4 nitrogen and oxygen atoms in total. The van der Waals surface area contributed by atoms with Gasteiger partial charge in [-0.2, -0.15) is 0 Å². The van der Waals surface area contributed by atoms with Gasteiger partial charge in [-0.1, -0.05) is 6.07 Å². The first kappa shape index (κ1) is 11.5. The van der Waals surface area contributed by atoms with Crippen LogP contribution < -0.4 is 4.74 Å². The molecular formula is C11H15NO3. The highest BCUT2D eigenvalue weighted by Gasteiger charge is 2.08. The topological polar surface area (TPSA) is 52.4 Å². The summed E-state index contributed by atoms with van der Waals surface area (Å²) in [6.07, 6.45) is 0.414. The van der Waals surface area contributed by atoms with E-state index in [0.717, 1.165) is 22.4 Å². The van der Waals surface area contributed by atoms with Crippen LogP contribution in [-0.2, 0) is 6.42 Å². The van der Waals surface area contributed by atoms with Crippen molar-refractivity contribution < 1.29 is 9.66 Å². The van der Waals surface area contributed by atoms with Crippen LogP contribution in [0.3, 0.4) is 0 Å². The SMILES string of the molecule is COc1cc(C)c(C)cc1CC[N+](=O)[O-]. The predicted octanol–water partition coefficient (Wildman–Crippen LogP) is 2.13. The summed E-state index contributed by atoms with van der Waals surface area (Å²) in [5.41, 5.74) is 3.17. The third kappa shape index (κ3) is 2.94. The molecule has 0 aliphatic rings. The Kier molecular flexibility index (Phi) is 3.66. The van der Waals surface area contributed by atoms with Crippen molar-refractivity contribution >= 4 is 0 Å². The summed E-state index contributed by atoms with van der Waals surface area (Å²) >= 11 is 0. The molecule has 0 aliphatic carbocycles. The van der Waals surface area contributed by atoms with E-state index in [9.17, 15) is 10.1 Å². The largest absolute Gasteiger partial charge is 0.496 e. The third-order valence-corrected chi connectivity index (χ3v) is 2.46. The number of ether oxygens (including phenoxy) is 1. The minimum Gasteiger partial charge on any atom is -0.496 e. The molecule has 0 saturated heterocycles. The van der Waals surface area contributed by atoms with Gasteiger partial charge < -0.3 is 4.74 Å². The summed E-state index contributed by atoms with van der Waals surface area (Å²) in [5, 5.41) is 10.3. The predicted molar refractivity (Wildman–Crippen MR) is 58.0 cm³/mol. The number of aryl methyl sites for hydroxylation is 2. The third-order valence-electron chi connectivity index (χ3n) is 2.46. The molecule has 0 N–H and O–H groups in total. The number of nitrogens with zero attached hydrogens (tertiary/aromatic N) is 1. The van der Waals surface area contributed by atoms with Gasteiger partial charge in [0.1, 0.15) is 5.75 Å². The van der Waals surface area contributed by atoms with Crippen LogP contribution in [-0.4, -0.2) is 18.6 Å². The van der Waals surface area contributed by atoms with Crippen molar-refractivity contribution in [3.63, 3.8) is 0 Å². The van der Waals surface area contributed by atoms with E-state index in [1.54, 1.807) is 7.11 Å². The quantitative estimate of drug-likeness (QED) is 0.563. The van der Waals surface area contributed by atoms with Gasteiger partial charge in [0.15, 0.2) is 0 Å². The van der Waals surface area contributed by atoms with Crippen LogP contribution in [0.5, 0.6) is 5.75 Å². The van der Waals surface area contributed by atoms with E-state index in [1.165, 1.54) is 0 Å². The Morgan fingerprint density at radius 2 is 1.93 bits per heavy atom. The molecular weight excluding hydrogens is 194 g/mol. The van der Waals surface area contributed by atoms with E-state index in [-0.39, 0.29) is 11.5 Å². The van der Waals surface area contributed by atoms with Crippen molar-refractivity contribution in [2.45, 2.75) is 20.3 Å². The Balaban J connectivity index is 2.94. The maximum Gasteiger partial charge on any atom is 0.208 e. The second-order valence-electron chi connectivity index (χ2n) is 3.55. The van der Waals surface area contributed by atoms with Crippen LogP contribution in [0.4, 0.5) is 0 Å². The van der Waals surface area contributed by atoms with Crippen LogP contribution in [0.25, 0.3) is 0 Å². The molecule has 0 saturated carbocycles. The van der Waals surface area contributed by atoms with Crippen LogP contribution in [0, 0.1) is 24.0 Å². The van der Waals surface area contributed by atoms with Gasteiger partial charge in [-0.05, 0) is 31.0 Å². The second kappa shape index (κ2) is 4.77. The van der Waals surface area contributed by atoms with E-state index in [0.29, 0.717) is 6.42 Å². The zero-order chi connectivity index (χ0) is 11.4. The number of methoxy groups -OCH3 is 1. The normalized spacial score (nSPS) is 10.1. The lowest BCUT2D eigenvalue weighted by Crippen LogP contribution is -2.05. The van der Waals surface area contributed by atoms with Gasteiger partial charge in [0.05, 0.1) is 7.11 Å². The van der Waals surface area contributed by atoms with Crippen molar-refractivity contribution in [2.75, 3.05) is 13.7 Å². The Labute approximate surface area is 89.0 Å². The Bertz CT molecular complexity index is 374. The molecule has 0 amide bonds. The van der Waals surface area contributed by atoms with E-state index in [2.05, 4.69) is 0 Å². The van der Waals surface area contributed by atoms with E-state index in [1.807, 2.05) is 26.0 Å². The van der Waals surface area contributed by atoms with E-state index < -0.39 is 0 Å². The van der Waals surface area contributed by atoms with Gasteiger partial charge in [0.25, 0.3) is 0 Å². The lowest BCUT2D eigenvalue weighted by molar-refractivity contribution is -0.479. The standard InChI is InChI=1S/C11H15NO3/c1-8-6-10(4-5-12(13)14)11(15-3)7-9(8)2/h6-7H,4-5H2,1-3H3. The summed E-state index contributed by atoms with van der Waals surface area (Å²) in [6.45, 7) is 3.93. The Morgan fingerprint density at radius 3 is 2.47 bits per heavy atom. The number of rotatable bonds is 4. The molecule has 1 rings (SSSR count). The van der Waals surface area contributed by atoms with E-state index in [4.69, 9.17) is 4.74 Å². The fraction of sp³-hybridized carbons (Fsp3) is 0.455. The van der Waals surface area contributed by atoms with Crippen molar-refractivity contribution in [1.29, 1.82) is 0 Å². The number of nitro groups is 1. The summed E-state index contributed by atoms with van der Waals surface area (Å²) < 4.78 is 5.19. The maximum atomic E-state index is 10.3. The first-order valence-electron chi connectivity index (χ1n) is 4.80. The van der Waals surface area contributed by atoms with Crippen LogP contribution in [0.1, 0.15) is 16.7 Å². The molecule has 0 bridgehead atoms. The van der Waals surface area contributed by atoms with Gasteiger partial charge in [0, 0.05) is 16.9 Å². The molecule has 0 heterocycles. The van der Waals surface area contributed by atoms with Crippen molar-refractivity contribution in [3.8, 4) is 5.75 Å². The molecule has 1 aromatic rings. The highest BCUT2D eigenvalue weighted by Crippen LogP contribution is 2.23. The number of hydrogen-bond donors (Lipinski definition) is 0. The van der Waals surface area contributed by atoms with Crippen molar-refractivity contribution in [2.24, 2.45) is 0 Å². The number of benzene rings is 1. The highest BCUT2D eigenvalue weighted by atomic mass is 16.6. The van der Waals surface area contributed by atoms with Gasteiger partial charge in [-0.25, -0.2) is 0 Å². The monoisotopic (exact) mass is 209 g/mol. The fourth-order valence-corrected chi connectivity index (χ4v) is 1.45. The number of hydrogen-bond acceptors (Lipinski definition) is 3. The van der Waals surface area contributed by atoms with Gasteiger partial charge in [-0.15, -0.1) is 0 Å². The molecule has 0 radical (unpaired) electrons.